The van der Waals surface area contributed by atoms with Gasteiger partial charge in [0.05, 0.1) is 4.21 Å². The van der Waals surface area contributed by atoms with Crippen LogP contribution in [0.4, 0.5) is 0 Å². The molecule has 1 saturated heterocycles. The lowest BCUT2D eigenvalue weighted by Gasteiger charge is -2.42. The van der Waals surface area contributed by atoms with Crippen molar-refractivity contribution in [3.8, 4) is 0 Å². The maximum absolute atomic E-state index is 3.86. The van der Waals surface area contributed by atoms with Crippen LogP contribution in [0.1, 0.15) is 58.1 Å². The number of thioether (sulfide) groups is 1. The van der Waals surface area contributed by atoms with E-state index in [4.69, 9.17) is 0 Å². The molecule has 2 aliphatic heterocycles. The Kier molecular flexibility index (Phi) is 4.22. The molecule has 0 saturated carbocycles. The first kappa shape index (κ1) is 13.9. The largest absolute Gasteiger partial charge is 0.247 e. The van der Waals surface area contributed by atoms with Crippen LogP contribution in [-0.2, 0) is 0 Å². The fourth-order valence-corrected chi connectivity index (χ4v) is 5.89. The van der Waals surface area contributed by atoms with Crippen molar-refractivity contribution in [2.45, 2.75) is 74.0 Å². The summed E-state index contributed by atoms with van der Waals surface area (Å²) in [6.07, 6.45) is 5.27. The molecule has 4 heteroatoms. The molecule has 19 heavy (non-hydrogen) atoms. The highest BCUT2D eigenvalue weighted by Gasteiger charge is 2.31. The van der Waals surface area contributed by atoms with E-state index in [1.807, 2.05) is 23.1 Å². The predicted molar refractivity (Wildman–Crippen MR) is 84.7 cm³/mol. The van der Waals surface area contributed by atoms with E-state index in [2.05, 4.69) is 42.7 Å². The Bertz CT molecular complexity index is 422. The highest BCUT2D eigenvalue weighted by molar-refractivity contribution is 8.01. The molecule has 1 fully saturated rings. The van der Waals surface area contributed by atoms with Crippen molar-refractivity contribution in [1.29, 1.82) is 0 Å². The molecular formula is C15H24N2S2. The van der Waals surface area contributed by atoms with Crippen molar-refractivity contribution >= 4 is 23.1 Å². The lowest BCUT2D eigenvalue weighted by molar-refractivity contribution is 0.0270. The van der Waals surface area contributed by atoms with Gasteiger partial charge in [0.1, 0.15) is 0 Å². The molecule has 1 aromatic rings. The summed E-state index contributed by atoms with van der Waals surface area (Å²) < 4.78 is 1.52. The average molecular weight is 297 g/mol. The van der Waals surface area contributed by atoms with Crippen molar-refractivity contribution in [2.75, 3.05) is 0 Å². The van der Waals surface area contributed by atoms with Crippen LogP contribution in [0.5, 0.6) is 0 Å². The standard InChI is InChI=1S/C15H24N2S2/c1-10-5-4-6-11(2)17(10)16-14-9-12(3)19-15-13(14)7-8-18-15/h7-8,10-12,14,16H,4-6,9H2,1-3H3/t10?,11?,12-,14?/m0/s1. The second kappa shape index (κ2) is 5.76. The molecule has 1 aromatic heterocycles. The Labute approximate surface area is 124 Å². The van der Waals surface area contributed by atoms with Crippen LogP contribution >= 0.6 is 23.1 Å². The summed E-state index contributed by atoms with van der Waals surface area (Å²) in [7, 11) is 0. The predicted octanol–water partition coefficient (Wildman–Crippen LogP) is 4.44. The quantitative estimate of drug-likeness (QED) is 0.868. The summed E-state index contributed by atoms with van der Waals surface area (Å²) >= 11 is 3.95. The van der Waals surface area contributed by atoms with E-state index in [0.717, 1.165) is 5.25 Å². The third kappa shape index (κ3) is 2.87. The zero-order valence-electron chi connectivity index (χ0n) is 12.1. The van der Waals surface area contributed by atoms with Gasteiger partial charge in [-0.3, -0.25) is 0 Å². The summed E-state index contributed by atoms with van der Waals surface area (Å²) in [5.41, 5.74) is 5.38. The van der Waals surface area contributed by atoms with E-state index in [1.165, 1.54) is 35.5 Å². The van der Waals surface area contributed by atoms with Gasteiger partial charge >= 0.3 is 0 Å². The van der Waals surface area contributed by atoms with Gasteiger partial charge in [-0.05, 0) is 50.1 Å². The van der Waals surface area contributed by atoms with Crippen LogP contribution < -0.4 is 5.43 Å². The zero-order valence-corrected chi connectivity index (χ0v) is 13.7. The van der Waals surface area contributed by atoms with Crippen LogP contribution in [0.3, 0.4) is 0 Å². The molecule has 0 aliphatic carbocycles. The monoisotopic (exact) mass is 296 g/mol. The second-order valence-electron chi connectivity index (χ2n) is 6.05. The van der Waals surface area contributed by atoms with E-state index >= 15 is 0 Å². The molecule has 2 nitrogen and oxygen atoms in total. The minimum absolute atomic E-state index is 0.514. The number of nitrogens with one attached hydrogen (secondary N) is 1. The molecule has 2 aliphatic rings. The Morgan fingerprint density at radius 1 is 1.21 bits per heavy atom. The van der Waals surface area contributed by atoms with E-state index in [1.54, 1.807) is 0 Å². The number of hydrazine groups is 1. The van der Waals surface area contributed by atoms with Gasteiger partial charge in [0, 0.05) is 23.4 Å². The van der Waals surface area contributed by atoms with Crippen molar-refractivity contribution < 1.29 is 0 Å². The van der Waals surface area contributed by atoms with Gasteiger partial charge in [0.15, 0.2) is 0 Å². The van der Waals surface area contributed by atoms with E-state index in [0.29, 0.717) is 18.1 Å². The first-order valence-electron chi connectivity index (χ1n) is 7.43. The molecule has 0 radical (unpaired) electrons. The SMILES string of the molecule is CC1CCCC(C)N1NC1C[C@H](C)Sc2sccc21. The van der Waals surface area contributed by atoms with Gasteiger partial charge < -0.3 is 0 Å². The summed E-state index contributed by atoms with van der Waals surface area (Å²) in [5.74, 6) is 0. The molecule has 0 spiro atoms. The number of hydrogen-bond acceptors (Lipinski definition) is 4. The van der Waals surface area contributed by atoms with Crippen LogP contribution in [0.2, 0.25) is 0 Å². The van der Waals surface area contributed by atoms with Gasteiger partial charge in [-0.2, -0.15) is 0 Å². The molecule has 0 amide bonds. The number of thiophene rings is 1. The third-order valence-electron chi connectivity index (χ3n) is 4.41. The molecule has 106 valence electrons. The number of rotatable bonds is 2. The summed E-state index contributed by atoms with van der Waals surface area (Å²) in [6.45, 7) is 7.07. The van der Waals surface area contributed by atoms with Crippen LogP contribution in [0, 0.1) is 0 Å². The molecule has 3 heterocycles. The Morgan fingerprint density at radius 3 is 2.68 bits per heavy atom. The van der Waals surface area contributed by atoms with Gasteiger partial charge in [-0.25, -0.2) is 10.4 Å². The van der Waals surface area contributed by atoms with E-state index < -0.39 is 0 Å². The van der Waals surface area contributed by atoms with E-state index in [-0.39, 0.29) is 0 Å². The van der Waals surface area contributed by atoms with Crippen molar-refractivity contribution in [3.05, 3.63) is 17.0 Å². The van der Waals surface area contributed by atoms with Gasteiger partial charge in [-0.1, -0.05) is 13.3 Å². The highest BCUT2D eigenvalue weighted by atomic mass is 32.2. The molecule has 0 bridgehead atoms. The Balaban J connectivity index is 1.76. The fourth-order valence-electron chi connectivity index (χ4n) is 3.33. The summed E-state index contributed by atoms with van der Waals surface area (Å²) in [5, 5.41) is 5.49. The maximum atomic E-state index is 3.86. The number of piperidine rings is 1. The molecule has 3 rings (SSSR count). The van der Waals surface area contributed by atoms with Gasteiger partial charge in [0.2, 0.25) is 0 Å². The van der Waals surface area contributed by atoms with Crippen molar-refractivity contribution in [2.24, 2.45) is 0 Å². The Morgan fingerprint density at radius 2 is 1.95 bits per heavy atom. The van der Waals surface area contributed by atoms with E-state index in [9.17, 15) is 0 Å². The minimum atomic E-state index is 0.514. The molecular weight excluding hydrogens is 272 g/mol. The summed E-state index contributed by atoms with van der Waals surface area (Å²) in [6, 6.07) is 4.16. The second-order valence-corrected chi connectivity index (χ2v) is 8.67. The fraction of sp³-hybridized carbons (Fsp3) is 0.733. The maximum Gasteiger partial charge on any atom is 0.0649 e. The van der Waals surface area contributed by atoms with Gasteiger partial charge in [-0.15, -0.1) is 23.1 Å². The van der Waals surface area contributed by atoms with Crippen molar-refractivity contribution in [1.82, 2.24) is 10.4 Å². The normalized spacial score (nSPS) is 36.2. The summed E-state index contributed by atoms with van der Waals surface area (Å²) in [4.78, 5) is 0. The lowest BCUT2D eigenvalue weighted by atomic mass is 9.99. The number of fused-ring (bicyclic) bond motifs is 1. The smallest absolute Gasteiger partial charge is 0.0649 e. The molecule has 3 unspecified atom stereocenters. The first-order chi connectivity index (χ1) is 9.15. The highest BCUT2D eigenvalue weighted by Crippen LogP contribution is 2.44. The molecule has 4 atom stereocenters. The third-order valence-corrected chi connectivity index (χ3v) is 6.75. The Hall–Kier alpha value is -0.0300. The minimum Gasteiger partial charge on any atom is -0.247 e. The average Bonchev–Trinajstić information content (AvgIpc) is 2.81. The number of hydrogen-bond donors (Lipinski definition) is 1. The van der Waals surface area contributed by atoms with Crippen LogP contribution in [0.15, 0.2) is 15.7 Å². The van der Waals surface area contributed by atoms with Gasteiger partial charge in [0.25, 0.3) is 0 Å². The number of nitrogens with zero attached hydrogens (tertiary/aromatic N) is 1. The lowest BCUT2D eigenvalue weighted by Crippen LogP contribution is -2.53. The topological polar surface area (TPSA) is 15.3 Å². The van der Waals surface area contributed by atoms with Crippen LogP contribution in [-0.4, -0.2) is 22.3 Å². The first-order valence-corrected chi connectivity index (χ1v) is 9.19. The molecule has 1 N–H and O–H groups in total. The zero-order chi connectivity index (χ0) is 13.4. The van der Waals surface area contributed by atoms with Crippen molar-refractivity contribution in [3.63, 3.8) is 0 Å². The van der Waals surface area contributed by atoms with Crippen LogP contribution in [0.25, 0.3) is 0 Å². The molecule has 0 aromatic carbocycles.